The Bertz CT molecular complexity index is 615. The van der Waals surface area contributed by atoms with Crippen LogP contribution in [0.2, 0.25) is 0 Å². The molecule has 128 valence electrons. The van der Waals surface area contributed by atoms with Crippen molar-refractivity contribution in [3.8, 4) is 5.75 Å². The summed E-state index contributed by atoms with van der Waals surface area (Å²) in [6.45, 7) is 1.78. The van der Waals surface area contributed by atoms with Gasteiger partial charge in [-0.25, -0.2) is 0 Å². The van der Waals surface area contributed by atoms with E-state index < -0.39 is 52.0 Å². The Morgan fingerprint density at radius 2 is 2.00 bits per heavy atom. The molecule has 1 aliphatic rings. The summed E-state index contributed by atoms with van der Waals surface area (Å²) in [5, 5.41) is 0. The van der Waals surface area contributed by atoms with Gasteiger partial charge in [0.2, 0.25) is 5.78 Å². The maximum Gasteiger partial charge on any atom is 0.446 e. The van der Waals surface area contributed by atoms with Crippen molar-refractivity contribution in [2.24, 2.45) is 0 Å². The first-order valence-electron chi connectivity index (χ1n) is 6.55. The number of halogens is 5. The van der Waals surface area contributed by atoms with E-state index in [2.05, 4.69) is 0 Å². The lowest BCUT2D eigenvalue weighted by Gasteiger charge is -2.17. The minimum Gasteiger partial charge on any atom is -0.488 e. The molecule has 9 heteroatoms. The molecule has 0 spiro atoms. The lowest BCUT2D eigenvalue weighted by molar-refractivity contribution is -0.0328. The molecule has 0 fully saturated rings. The molecule has 0 bridgehead atoms. The van der Waals surface area contributed by atoms with Crippen LogP contribution in [0.3, 0.4) is 0 Å². The zero-order chi connectivity index (χ0) is 17.4. The van der Waals surface area contributed by atoms with E-state index in [0.29, 0.717) is 0 Å². The number of benzene rings is 1. The molecule has 1 unspecified atom stereocenters. The topological polar surface area (TPSA) is 35.5 Å². The van der Waals surface area contributed by atoms with Gasteiger partial charge in [-0.1, -0.05) is 0 Å². The second-order valence-electron chi connectivity index (χ2n) is 5.06. The van der Waals surface area contributed by atoms with Crippen molar-refractivity contribution < 1.29 is 36.2 Å². The van der Waals surface area contributed by atoms with Crippen LogP contribution >= 0.6 is 11.8 Å². The standard InChI is InChI=1S/C14H13F5O3S/c1-7(6-21-2)22-9-3-4-10(23-14(17,18)19)11-8(9)5-13(15,16)12(11)20/h3-4,7H,5-6H2,1-2H3. The highest BCUT2D eigenvalue weighted by Gasteiger charge is 2.50. The minimum absolute atomic E-state index is 0.0263. The first-order valence-corrected chi connectivity index (χ1v) is 7.36. The molecule has 0 amide bonds. The molecule has 0 saturated carbocycles. The second-order valence-corrected chi connectivity index (χ2v) is 6.16. The summed E-state index contributed by atoms with van der Waals surface area (Å²) < 4.78 is 75.3. The fraction of sp³-hybridized carbons (Fsp3) is 0.500. The average Bonchev–Trinajstić information content (AvgIpc) is 2.63. The zero-order valence-corrected chi connectivity index (χ0v) is 13.0. The third-order valence-electron chi connectivity index (χ3n) is 3.14. The number of thioether (sulfide) groups is 1. The fourth-order valence-corrected chi connectivity index (χ4v) is 3.03. The molecule has 0 heterocycles. The van der Waals surface area contributed by atoms with E-state index in [9.17, 15) is 26.7 Å². The van der Waals surface area contributed by atoms with Gasteiger partial charge in [0.1, 0.15) is 11.9 Å². The van der Waals surface area contributed by atoms with Crippen molar-refractivity contribution in [3.63, 3.8) is 0 Å². The Morgan fingerprint density at radius 3 is 2.57 bits per heavy atom. The molecule has 0 aromatic heterocycles. The first-order chi connectivity index (χ1) is 10.5. The van der Waals surface area contributed by atoms with E-state index in [-0.39, 0.29) is 17.9 Å². The Morgan fingerprint density at radius 1 is 1.35 bits per heavy atom. The lowest BCUT2D eigenvalue weighted by Crippen LogP contribution is -2.24. The van der Waals surface area contributed by atoms with Crippen LogP contribution in [-0.2, 0) is 11.2 Å². The number of rotatable bonds is 5. The largest absolute Gasteiger partial charge is 0.488 e. The Labute approximate surface area is 133 Å². The summed E-state index contributed by atoms with van der Waals surface area (Å²) in [5.41, 5.74) is -5.49. The molecule has 1 aromatic carbocycles. The normalized spacial score (nSPS) is 18.0. The van der Waals surface area contributed by atoms with E-state index in [1.54, 1.807) is 6.92 Å². The van der Waals surface area contributed by atoms with Gasteiger partial charge in [-0.2, -0.15) is 22.0 Å². The number of hydrogen-bond acceptors (Lipinski definition) is 4. The van der Waals surface area contributed by atoms with E-state index in [1.165, 1.54) is 13.2 Å². The summed E-state index contributed by atoms with van der Waals surface area (Å²) in [6.07, 6.45) is -1.47. The smallest absolute Gasteiger partial charge is 0.446 e. The van der Waals surface area contributed by atoms with Crippen molar-refractivity contribution in [2.75, 3.05) is 13.7 Å². The van der Waals surface area contributed by atoms with E-state index in [0.717, 1.165) is 6.07 Å². The second kappa shape index (κ2) is 6.27. The predicted octanol–water partition coefficient (Wildman–Crippen LogP) is 4.09. The van der Waals surface area contributed by atoms with Gasteiger partial charge < -0.3 is 9.47 Å². The van der Waals surface area contributed by atoms with E-state index in [4.69, 9.17) is 9.47 Å². The quantitative estimate of drug-likeness (QED) is 0.588. The summed E-state index contributed by atoms with van der Waals surface area (Å²) in [7, 11) is 1.42. The summed E-state index contributed by atoms with van der Waals surface area (Å²) in [4.78, 5) is 11.2. The monoisotopic (exact) mass is 356 g/mol. The van der Waals surface area contributed by atoms with Gasteiger partial charge >= 0.3 is 11.4 Å². The van der Waals surface area contributed by atoms with Crippen LogP contribution in [0.1, 0.15) is 22.8 Å². The van der Waals surface area contributed by atoms with Crippen LogP contribution in [0.15, 0.2) is 17.0 Å². The van der Waals surface area contributed by atoms with Gasteiger partial charge in [0.05, 0.1) is 6.61 Å². The van der Waals surface area contributed by atoms with Crippen molar-refractivity contribution in [1.29, 1.82) is 0 Å². The molecule has 2 rings (SSSR count). The van der Waals surface area contributed by atoms with Gasteiger partial charge in [-0.3, -0.25) is 4.79 Å². The van der Waals surface area contributed by atoms with Crippen LogP contribution in [-0.4, -0.2) is 37.0 Å². The summed E-state index contributed by atoms with van der Waals surface area (Å²) >= 11 is -0.586. The third kappa shape index (κ3) is 3.95. The van der Waals surface area contributed by atoms with Gasteiger partial charge in [0.15, 0.2) is 0 Å². The molecule has 23 heavy (non-hydrogen) atoms. The van der Waals surface area contributed by atoms with Crippen molar-refractivity contribution >= 4 is 17.5 Å². The molecular formula is C14H13F5O3S. The summed E-state index contributed by atoms with van der Waals surface area (Å²) in [6, 6.07) is 2.15. The van der Waals surface area contributed by atoms with Crippen molar-refractivity contribution in [3.05, 3.63) is 23.3 Å². The van der Waals surface area contributed by atoms with E-state index >= 15 is 0 Å². The molecular weight excluding hydrogens is 343 g/mol. The first kappa shape index (κ1) is 18.0. The molecule has 1 aromatic rings. The molecule has 0 saturated heterocycles. The maximum absolute atomic E-state index is 13.7. The molecule has 0 radical (unpaired) electrons. The summed E-state index contributed by atoms with van der Waals surface area (Å²) in [5.74, 6) is -5.36. The van der Waals surface area contributed by atoms with Crippen LogP contribution in [0.25, 0.3) is 0 Å². The number of methoxy groups -OCH3 is 1. The number of Topliss-reactive ketones (excluding diaryl/α,β-unsaturated/α-hetero) is 1. The highest BCUT2D eigenvalue weighted by Crippen LogP contribution is 2.47. The number of carbonyl (C=O) groups is 1. The predicted molar refractivity (Wildman–Crippen MR) is 73.3 cm³/mol. The molecule has 3 nitrogen and oxygen atoms in total. The molecule has 1 atom stereocenters. The number of ether oxygens (including phenoxy) is 2. The molecule has 0 aliphatic heterocycles. The van der Waals surface area contributed by atoms with Crippen LogP contribution in [0.5, 0.6) is 5.75 Å². The van der Waals surface area contributed by atoms with Crippen LogP contribution in [0, 0.1) is 0 Å². The molecule has 1 aliphatic carbocycles. The Kier molecular flexibility index (Phi) is 4.91. The SMILES string of the molecule is COCC(C)Oc1ccc(SC(F)(F)F)c2c1CC(F)(F)C2=O. The number of carbonyl (C=O) groups excluding carboxylic acids is 1. The van der Waals surface area contributed by atoms with E-state index in [1.807, 2.05) is 0 Å². The average molecular weight is 356 g/mol. The van der Waals surface area contributed by atoms with Gasteiger partial charge in [-0.15, -0.1) is 0 Å². The number of fused-ring (bicyclic) bond motifs is 1. The highest BCUT2D eigenvalue weighted by molar-refractivity contribution is 8.00. The zero-order valence-electron chi connectivity index (χ0n) is 12.2. The highest BCUT2D eigenvalue weighted by atomic mass is 32.2. The van der Waals surface area contributed by atoms with Gasteiger partial charge in [-0.05, 0) is 30.8 Å². The number of ketones is 1. The fourth-order valence-electron chi connectivity index (χ4n) is 2.32. The number of hydrogen-bond donors (Lipinski definition) is 0. The van der Waals surface area contributed by atoms with Gasteiger partial charge in [0, 0.05) is 29.6 Å². The molecule has 0 N–H and O–H groups in total. The van der Waals surface area contributed by atoms with Crippen molar-refractivity contribution in [2.45, 2.75) is 35.8 Å². The van der Waals surface area contributed by atoms with Gasteiger partial charge in [0.25, 0.3) is 0 Å². The number of alkyl halides is 5. The van der Waals surface area contributed by atoms with Crippen LogP contribution < -0.4 is 4.74 Å². The third-order valence-corrected chi connectivity index (χ3v) is 3.94. The minimum atomic E-state index is -4.68. The lowest BCUT2D eigenvalue weighted by atomic mass is 10.1. The van der Waals surface area contributed by atoms with Crippen molar-refractivity contribution in [1.82, 2.24) is 0 Å². The Hall–Kier alpha value is -1.35. The Balaban J connectivity index is 2.45. The maximum atomic E-state index is 13.7. The van der Waals surface area contributed by atoms with Crippen LogP contribution in [0.4, 0.5) is 22.0 Å².